The molecule has 0 spiro atoms. The Balaban J connectivity index is 3.01. The fourth-order valence-electron chi connectivity index (χ4n) is 1.55. The van der Waals surface area contributed by atoms with Crippen molar-refractivity contribution in [3.63, 3.8) is 0 Å². The summed E-state index contributed by atoms with van der Waals surface area (Å²) in [4.78, 5) is 22.9. The van der Waals surface area contributed by atoms with Crippen LogP contribution < -0.4 is 0 Å². The minimum absolute atomic E-state index is 0.0875. The van der Waals surface area contributed by atoms with Crippen LogP contribution in [0.25, 0.3) is 0 Å². The molecule has 0 saturated carbocycles. The number of carbonyl (C=O) groups is 2. The van der Waals surface area contributed by atoms with Crippen LogP contribution >= 0.6 is 23.4 Å². The van der Waals surface area contributed by atoms with Crippen LogP contribution in [0.5, 0.6) is 0 Å². The minimum Gasteiger partial charge on any atom is -0.287 e. The molecule has 0 bridgehead atoms. The van der Waals surface area contributed by atoms with Gasteiger partial charge in [0.05, 0.1) is 10.5 Å². The summed E-state index contributed by atoms with van der Waals surface area (Å²) in [6, 6.07) is 1.55. The summed E-state index contributed by atoms with van der Waals surface area (Å²) in [6.45, 7) is 5.65. The zero-order valence-corrected chi connectivity index (χ0v) is 12.9. The van der Waals surface area contributed by atoms with E-state index in [4.69, 9.17) is 11.6 Å². The molecule has 2 nitrogen and oxygen atoms in total. The molecule has 0 N–H and O–H groups in total. The van der Waals surface area contributed by atoms with E-state index in [0.717, 1.165) is 12.5 Å². The SMILES string of the molecule is CCC(C)C(C)C(=O)Sc1cc(C(=O)Cl)c(F)cc1F. The molecular formula is C14H15ClF2O2S. The van der Waals surface area contributed by atoms with Crippen LogP contribution in [-0.4, -0.2) is 10.4 Å². The molecule has 2 unspecified atom stereocenters. The van der Waals surface area contributed by atoms with E-state index in [1.807, 2.05) is 13.8 Å². The average molecular weight is 321 g/mol. The second-order valence-corrected chi connectivity index (χ2v) is 6.02. The van der Waals surface area contributed by atoms with Crippen LogP contribution in [0, 0.1) is 23.5 Å². The van der Waals surface area contributed by atoms with Crippen molar-refractivity contribution in [2.75, 3.05) is 0 Å². The van der Waals surface area contributed by atoms with Gasteiger partial charge in [-0.1, -0.05) is 27.2 Å². The van der Waals surface area contributed by atoms with Gasteiger partial charge >= 0.3 is 0 Å². The van der Waals surface area contributed by atoms with Crippen LogP contribution in [-0.2, 0) is 4.79 Å². The lowest BCUT2D eigenvalue weighted by Gasteiger charge is -2.16. The molecule has 0 aliphatic heterocycles. The molecule has 0 amide bonds. The molecule has 2 atom stereocenters. The van der Waals surface area contributed by atoms with E-state index in [-0.39, 0.29) is 21.8 Å². The summed E-state index contributed by atoms with van der Waals surface area (Å²) < 4.78 is 27.0. The Labute approximate surface area is 125 Å². The Morgan fingerprint density at radius 3 is 2.35 bits per heavy atom. The zero-order chi connectivity index (χ0) is 15.4. The highest BCUT2D eigenvalue weighted by Gasteiger charge is 2.23. The highest BCUT2D eigenvalue weighted by molar-refractivity contribution is 8.13. The van der Waals surface area contributed by atoms with Gasteiger partial charge in [-0.15, -0.1) is 0 Å². The fraction of sp³-hybridized carbons (Fsp3) is 0.429. The highest BCUT2D eigenvalue weighted by atomic mass is 35.5. The second-order valence-electron chi connectivity index (χ2n) is 4.63. The molecule has 1 rings (SSSR count). The van der Waals surface area contributed by atoms with Crippen LogP contribution in [0.15, 0.2) is 17.0 Å². The van der Waals surface area contributed by atoms with E-state index in [0.29, 0.717) is 17.8 Å². The number of rotatable bonds is 5. The summed E-state index contributed by atoms with van der Waals surface area (Å²) in [5, 5.41) is -1.25. The molecular weight excluding hydrogens is 306 g/mol. The van der Waals surface area contributed by atoms with Gasteiger partial charge in [0, 0.05) is 12.0 Å². The number of carbonyl (C=O) groups excluding carboxylic acids is 2. The van der Waals surface area contributed by atoms with Gasteiger partial charge < -0.3 is 0 Å². The predicted molar refractivity (Wildman–Crippen MR) is 76.0 cm³/mol. The van der Waals surface area contributed by atoms with Gasteiger partial charge in [-0.25, -0.2) is 8.78 Å². The van der Waals surface area contributed by atoms with Gasteiger partial charge in [-0.2, -0.15) is 0 Å². The Morgan fingerprint density at radius 2 is 1.85 bits per heavy atom. The lowest BCUT2D eigenvalue weighted by Crippen LogP contribution is -2.15. The van der Waals surface area contributed by atoms with Gasteiger partial charge in [0.2, 0.25) is 0 Å². The third-order valence-corrected chi connectivity index (χ3v) is 4.62. The van der Waals surface area contributed by atoms with Crippen molar-refractivity contribution in [2.24, 2.45) is 11.8 Å². The summed E-state index contributed by atoms with van der Waals surface area (Å²) in [5.74, 6) is -2.01. The molecule has 0 aliphatic rings. The van der Waals surface area contributed by atoms with Gasteiger partial charge in [0.25, 0.3) is 5.24 Å². The lowest BCUT2D eigenvalue weighted by atomic mass is 9.95. The summed E-state index contributed by atoms with van der Waals surface area (Å²) in [5.41, 5.74) is -0.431. The van der Waals surface area contributed by atoms with Crippen molar-refractivity contribution in [2.45, 2.75) is 32.1 Å². The Hall–Kier alpha value is -0.940. The first-order chi connectivity index (χ1) is 9.27. The third kappa shape index (κ3) is 4.03. The molecule has 6 heteroatoms. The normalized spacial score (nSPS) is 13.9. The molecule has 0 heterocycles. The Kier molecular flexibility index (Phi) is 6.14. The number of benzene rings is 1. The maximum Gasteiger partial charge on any atom is 0.255 e. The first-order valence-electron chi connectivity index (χ1n) is 6.18. The molecule has 0 aromatic heterocycles. The van der Waals surface area contributed by atoms with Crippen molar-refractivity contribution in [1.29, 1.82) is 0 Å². The topological polar surface area (TPSA) is 34.1 Å². The summed E-state index contributed by atoms with van der Waals surface area (Å²) in [7, 11) is 0. The summed E-state index contributed by atoms with van der Waals surface area (Å²) >= 11 is 5.88. The molecule has 1 aromatic carbocycles. The molecule has 0 fully saturated rings. The van der Waals surface area contributed by atoms with Crippen molar-refractivity contribution >= 4 is 33.7 Å². The lowest BCUT2D eigenvalue weighted by molar-refractivity contribution is -0.115. The van der Waals surface area contributed by atoms with Crippen LogP contribution in [0.4, 0.5) is 8.78 Å². The zero-order valence-electron chi connectivity index (χ0n) is 11.4. The van der Waals surface area contributed by atoms with E-state index < -0.39 is 22.4 Å². The first-order valence-corrected chi connectivity index (χ1v) is 7.37. The third-order valence-electron chi connectivity index (χ3n) is 3.31. The van der Waals surface area contributed by atoms with Crippen molar-refractivity contribution in [3.8, 4) is 0 Å². The van der Waals surface area contributed by atoms with Crippen LogP contribution in [0.1, 0.15) is 37.6 Å². The maximum atomic E-state index is 13.6. The van der Waals surface area contributed by atoms with Gasteiger partial charge in [0.15, 0.2) is 5.12 Å². The molecule has 110 valence electrons. The Bertz CT molecular complexity index is 534. The standard InChI is InChI=1S/C14H15ClF2O2S/c1-4-7(2)8(3)14(19)20-12-5-9(13(15)18)10(16)6-11(12)17/h5-8H,4H2,1-3H3. The van der Waals surface area contributed by atoms with E-state index in [2.05, 4.69) is 0 Å². The van der Waals surface area contributed by atoms with Crippen molar-refractivity contribution in [3.05, 3.63) is 29.3 Å². The van der Waals surface area contributed by atoms with Gasteiger partial charge in [-0.3, -0.25) is 9.59 Å². The Morgan fingerprint density at radius 1 is 1.25 bits per heavy atom. The molecule has 0 radical (unpaired) electrons. The smallest absolute Gasteiger partial charge is 0.255 e. The van der Waals surface area contributed by atoms with Crippen LogP contribution in [0.3, 0.4) is 0 Å². The molecule has 1 aromatic rings. The highest BCUT2D eigenvalue weighted by Crippen LogP contribution is 2.30. The predicted octanol–water partition coefficient (Wildman–Crippen LogP) is 4.64. The second kappa shape index (κ2) is 7.18. The fourth-order valence-corrected chi connectivity index (χ4v) is 2.66. The first kappa shape index (κ1) is 17.1. The average Bonchev–Trinajstić information content (AvgIpc) is 2.39. The van der Waals surface area contributed by atoms with Gasteiger partial charge in [0.1, 0.15) is 11.6 Å². The quantitative estimate of drug-likeness (QED) is 0.585. The molecule has 0 saturated heterocycles. The van der Waals surface area contributed by atoms with Crippen LogP contribution in [0.2, 0.25) is 0 Å². The molecule has 0 aliphatic carbocycles. The largest absolute Gasteiger partial charge is 0.287 e. The number of hydrogen-bond donors (Lipinski definition) is 0. The van der Waals surface area contributed by atoms with E-state index in [1.54, 1.807) is 6.92 Å². The van der Waals surface area contributed by atoms with E-state index >= 15 is 0 Å². The molecule has 20 heavy (non-hydrogen) atoms. The van der Waals surface area contributed by atoms with E-state index in [1.165, 1.54) is 0 Å². The minimum atomic E-state index is -1.03. The number of halogens is 3. The van der Waals surface area contributed by atoms with Gasteiger partial charge in [-0.05, 0) is 35.3 Å². The summed E-state index contributed by atoms with van der Waals surface area (Å²) in [6.07, 6.45) is 0.824. The maximum absolute atomic E-state index is 13.6. The van der Waals surface area contributed by atoms with E-state index in [9.17, 15) is 18.4 Å². The van der Waals surface area contributed by atoms with Crippen molar-refractivity contribution in [1.82, 2.24) is 0 Å². The van der Waals surface area contributed by atoms with Crippen molar-refractivity contribution < 1.29 is 18.4 Å². The number of hydrogen-bond acceptors (Lipinski definition) is 3. The number of thioether (sulfide) groups is 1. The monoisotopic (exact) mass is 320 g/mol.